The third-order valence-electron chi connectivity index (χ3n) is 6.79. The van der Waals surface area contributed by atoms with E-state index in [9.17, 15) is 4.79 Å². The van der Waals surface area contributed by atoms with Gasteiger partial charge in [0, 0.05) is 48.7 Å². The number of likely N-dealkylation sites (tertiary alicyclic amines) is 1. The predicted octanol–water partition coefficient (Wildman–Crippen LogP) is 4.52. The van der Waals surface area contributed by atoms with Gasteiger partial charge in [-0.15, -0.1) is 11.3 Å². The molecule has 0 spiro atoms. The zero-order valence-electron chi connectivity index (χ0n) is 17.5. The summed E-state index contributed by atoms with van der Waals surface area (Å²) in [5.74, 6) is 0.237. The van der Waals surface area contributed by atoms with Gasteiger partial charge in [0.15, 0.2) is 0 Å². The molecule has 2 aromatic rings. The molecule has 28 heavy (non-hydrogen) atoms. The summed E-state index contributed by atoms with van der Waals surface area (Å²) in [7, 11) is 0. The van der Waals surface area contributed by atoms with Gasteiger partial charge in [0.25, 0.3) is 5.91 Å². The third kappa shape index (κ3) is 3.62. The summed E-state index contributed by atoms with van der Waals surface area (Å²) < 4.78 is 0. The van der Waals surface area contributed by atoms with Crippen molar-refractivity contribution < 1.29 is 4.79 Å². The molecule has 0 saturated carbocycles. The number of aromatic nitrogens is 1. The number of carbonyl (C=O) groups is 1. The number of aryl methyl sites for hydroxylation is 1. The van der Waals surface area contributed by atoms with Crippen molar-refractivity contribution in [2.24, 2.45) is 5.41 Å². The molecule has 1 amide bonds. The normalized spacial score (nSPS) is 21.7. The van der Waals surface area contributed by atoms with Gasteiger partial charge in [0.05, 0.1) is 11.3 Å². The molecule has 4 heterocycles. The minimum absolute atomic E-state index is 0.211. The van der Waals surface area contributed by atoms with Crippen LogP contribution in [0.2, 0.25) is 0 Å². The van der Waals surface area contributed by atoms with Gasteiger partial charge in [0.2, 0.25) is 0 Å². The molecule has 5 heteroatoms. The molecular formula is C23H31N3OS. The fourth-order valence-corrected chi connectivity index (χ4v) is 5.46. The molecule has 0 unspecified atom stereocenters. The number of fused-ring (bicyclic) bond motifs is 1. The number of hydrogen-bond acceptors (Lipinski definition) is 4. The molecular weight excluding hydrogens is 366 g/mol. The first-order valence-electron chi connectivity index (χ1n) is 10.5. The summed E-state index contributed by atoms with van der Waals surface area (Å²) in [6, 6.07) is 4.62. The van der Waals surface area contributed by atoms with Crippen LogP contribution in [0.5, 0.6) is 0 Å². The van der Waals surface area contributed by atoms with Gasteiger partial charge in [-0.05, 0) is 48.8 Å². The Morgan fingerprint density at radius 3 is 2.79 bits per heavy atom. The molecule has 2 aliphatic rings. The first kappa shape index (κ1) is 19.6. The third-order valence-corrected chi connectivity index (χ3v) is 7.81. The van der Waals surface area contributed by atoms with E-state index in [0.717, 1.165) is 56.7 Å². The largest absolute Gasteiger partial charge is 0.335 e. The topological polar surface area (TPSA) is 36.4 Å². The number of hydrogen-bond donors (Lipinski definition) is 0. The summed E-state index contributed by atoms with van der Waals surface area (Å²) in [6.45, 7) is 12.6. The van der Waals surface area contributed by atoms with Crippen molar-refractivity contribution in [2.75, 3.05) is 13.1 Å². The van der Waals surface area contributed by atoms with Crippen LogP contribution in [0.25, 0.3) is 0 Å². The van der Waals surface area contributed by atoms with Crippen molar-refractivity contribution >= 4 is 17.2 Å². The zero-order valence-corrected chi connectivity index (χ0v) is 18.3. The Kier molecular flexibility index (Phi) is 5.32. The van der Waals surface area contributed by atoms with Crippen molar-refractivity contribution in [1.82, 2.24) is 14.8 Å². The van der Waals surface area contributed by atoms with Crippen LogP contribution in [0.3, 0.4) is 0 Å². The number of nitrogens with zero attached hydrogens (tertiary/aromatic N) is 3. The number of amides is 1. The van der Waals surface area contributed by atoms with Gasteiger partial charge >= 0.3 is 0 Å². The number of carbonyl (C=O) groups excluding carboxylic acids is 1. The van der Waals surface area contributed by atoms with E-state index >= 15 is 0 Å². The average molecular weight is 398 g/mol. The van der Waals surface area contributed by atoms with Crippen molar-refractivity contribution in [1.29, 1.82) is 0 Å². The van der Waals surface area contributed by atoms with Gasteiger partial charge < -0.3 is 4.90 Å². The fourth-order valence-electron chi connectivity index (χ4n) is 4.35. The Labute approximate surface area is 172 Å². The zero-order chi connectivity index (χ0) is 19.9. The molecule has 150 valence electrons. The van der Waals surface area contributed by atoms with Gasteiger partial charge in [-0.25, -0.2) is 0 Å². The van der Waals surface area contributed by atoms with Crippen molar-refractivity contribution in [3.63, 3.8) is 0 Å². The van der Waals surface area contributed by atoms with Gasteiger partial charge in [-0.3, -0.25) is 14.7 Å². The molecule has 0 aliphatic carbocycles. The lowest BCUT2D eigenvalue weighted by atomic mass is 9.86. The second-order valence-corrected chi connectivity index (χ2v) is 9.90. The molecule has 4 rings (SSSR count). The lowest BCUT2D eigenvalue weighted by molar-refractivity contribution is 0.0705. The maximum absolute atomic E-state index is 13.2. The molecule has 0 radical (unpaired) electrons. The molecule has 4 nitrogen and oxygen atoms in total. The van der Waals surface area contributed by atoms with Crippen LogP contribution in [-0.4, -0.2) is 39.8 Å². The first-order valence-corrected chi connectivity index (χ1v) is 11.3. The lowest BCUT2D eigenvalue weighted by Gasteiger charge is -2.30. The van der Waals surface area contributed by atoms with E-state index < -0.39 is 0 Å². The fraction of sp³-hybridized carbons (Fsp3) is 0.565. The highest BCUT2D eigenvalue weighted by Gasteiger charge is 2.40. The Bertz CT molecular complexity index is 855. The van der Waals surface area contributed by atoms with E-state index in [0.29, 0.717) is 6.04 Å². The van der Waals surface area contributed by atoms with Crippen molar-refractivity contribution in [2.45, 2.75) is 66.1 Å². The van der Waals surface area contributed by atoms with E-state index in [1.165, 1.54) is 16.0 Å². The molecule has 0 bridgehead atoms. The van der Waals surface area contributed by atoms with E-state index in [-0.39, 0.29) is 11.3 Å². The van der Waals surface area contributed by atoms with Crippen LogP contribution in [0.4, 0.5) is 0 Å². The van der Waals surface area contributed by atoms with Crippen LogP contribution < -0.4 is 0 Å². The van der Waals surface area contributed by atoms with Gasteiger partial charge in [-0.1, -0.05) is 26.8 Å². The maximum Gasteiger partial charge on any atom is 0.255 e. The summed E-state index contributed by atoms with van der Waals surface area (Å²) in [6.07, 6.45) is 5.06. The highest BCUT2D eigenvalue weighted by molar-refractivity contribution is 7.10. The van der Waals surface area contributed by atoms with E-state index in [4.69, 9.17) is 0 Å². The quantitative estimate of drug-likeness (QED) is 0.761. The summed E-state index contributed by atoms with van der Waals surface area (Å²) in [5.41, 5.74) is 4.86. The van der Waals surface area contributed by atoms with Crippen LogP contribution >= 0.6 is 11.3 Å². The number of rotatable bonds is 4. The number of pyridine rings is 1. The minimum atomic E-state index is 0.211. The Balaban J connectivity index is 1.45. The first-order chi connectivity index (χ1) is 13.4. The molecule has 2 aliphatic heterocycles. The van der Waals surface area contributed by atoms with Gasteiger partial charge in [-0.2, -0.15) is 0 Å². The van der Waals surface area contributed by atoms with E-state index in [2.05, 4.69) is 60.0 Å². The highest BCUT2D eigenvalue weighted by atomic mass is 32.1. The van der Waals surface area contributed by atoms with Crippen LogP contribution in [-0.2, 0) is 25.9 Å². The maximum atomic E-state index is 13.2. The van der Waals surface area contributed by atoms with Crippen LogP contribution in [0.1, 0.15) is 66.2 Å². The van der Waals surface area contributed by atoms with E-state index in [1.54, 1.807) is 11.3 Å². The van der Waals surface area contributed by atoms with Crippen LogP contribution in [0.15, 0.2) is 23.7 Å². The van der Waals surface area contributed by atoms with Crippen LogP contribution in [0, 0.1) is 5.41 Å². The predicted molar refractivity (Wildman–Crippen MR) is 115 cm³/mol. The summed E-state index contributed by atoms with van der Waals surface area (Å²) in [5, 5.41) is 2.10. The molecule has 1 saturated heterocycles. The molecule has 0 N–H and O–H groups in total. The second kappa shape index (κ2) is 7.60. The Morgan fingerprint density at radius 2 is 2.14 bits per heavy atom. The molecule has 1 fully saturated rings. The second-order valence-electron chi connectivity index (χ2n) is 8.94. The van der Waals surface area contributed by atoms with Crippen molar-refractivity contribution in [3.8, 4) is 0 Å². The smallest absolute Gasteiger partial charge is 0.255 e. The monoisotopic (exact) mass is 397 g/mol. The standard InChI is InChI=1S/C23H31N3OS/c1-5-17-6-7-18(24-12-17)13-25-10-8-19-20(15-28-21(19)14-25)22(27)26-11-9-23(3,4)16(26)2/h6-7,12,15-16H,5,8-11,13-14H2,1-4H3/t16-/m1/s1. The number of thiophene rings is 1. The highest BCUT2D eigenvalue weighted by Crippen LogP contribution is 2.38. The Morgan fingerprint density at radius 1 is 1.32 bits per heavy atom. The SMILES string of the molecule is CCc1ccc(CN2CCc3c(C(=O)N4CCC(C)(C)[C@H]4C)csc3C2)nc1. The summed E-state index contributed by atoms with van der Waals surface area (Å²) >= 11 is 1.75. The minimum Gasteiger partial charge on any atom is -0.335 e. The summed E-state index contributed by atoms with van der Waals surface area (Å²) in [4.78, 5) is 23.7. The Hall–Kier alpha value is -1.72. The lowest BCUT2D eigenvalue weighted by Crippen LogP contribution is -2.39. The van der Waals surface area contributed by atoms with Gasteiger partial charge in [0.1, 0.15) is 0 Å². The molecule has 2 aromatic heterocycles. The average Bonchev–Trinajstić information content (AvgIpc) is 3.22. The molecule has 1 atom stereocenters. The van der Waals surface area contributed by atoms with Crippen molar-refractivity contribution in [3.05, 3.63) is 51.0 Å². The molecule has 0 aromatic carbocycles. The van der Waals surface area contributed by atoms with E-state index in [1.807, 2.05) is 6.20 Å².